The molecule has 0 saturated carbocycles. The smallest absolute Gasteiger partial charge is 0.127 e. The van der Waals surface area contributed by atoms with Gasteiger partial charge in [-0.3, -0.25) is 14.6 Å². The number of thiazole rings is 1. The first-order valence-corrected chi connectivity index (χ1v) is 9.04. The van der Waals surface area contributed by atoms with Crippen LogP contribution in [0, 0.1) is 40.7 Å². The van der Waals surface area contributed by atoms with E-state index in [-0.39, 0.29) is 20.1 Å². The molecule has 0 amide bonds. The van der Waals surface area contributed by atoms with E-state index < -0.39 is 0 Å². The minimum absolute atomic E-state index is 0. The first-order valence-electron chi connectivity index (χ1n) is 8.22. The van der Waals surface area contributed by atoms with Crippen LogP contribution in [-0.2, 0) is 20.1 Å². The van der Waals surface area contributed by atoms with Crippen molar-refractivity contribution in [2.24, 2.45) is 0 Å². The Kier molecular flexibility index (Phi) is 5.11. The molecule has 0 N–H and O–H groups in total. The van der Waals surface area contributed by atoms with Gasteiger partial charge >= 0.3 is 0 Å². The number of nitrogens with zero attached hydrogens (tertiary/aromatic N) is 4. The Labute approximate surface area is 170 Å². The number of rotatable bonds is 2. The van der Waals surface area contributed by atoms with Crippen LogP contribution < -0.4 is 0 Å². The zero-order valence-electron chi connectivity index (χ0n) is 15.3. The molecule has 0 unspecified atom stereocenters. The number of fused-ring (bicyclic) bond motifs is 1. The number of aromatic nitrogens is 4. The summed E-state index contributed by atoms with van der Waals surface area (Å²) >= 11 is 1.69. The summed E-state index contributed by atoms with van der Waals surface area (Å²) in [6.45, 7) is 10.5. The maximum atomic E-state index is 4.67. The Balaban J connectivity index is 0.00000196. The normalized spacial score (nSPS) is 11.0. The van der Waals surface area contributed by atoms with Gasteiger partial charge in [-0.2, -0.15) is 16.4 Å². The summed E-state index contributed by atoms with van der Waals surface area (Å²) in [6.07, 6.45) is 1.61. The molecule has 4 rings (SSSR count). The van der Waals surface area contributed by atoms with E-state index >= 15 is 0 Å². The molecule has 4 nitrogen and oxygen atoms in total. The van der Waals surface area contributed by atoms with E-state index in [9.17, 15) is 0 Å². The Hall–Kier alpha value is -1.88. The van der Waals surface area contributed by atoms with Crippen molar-refractivity contribution in [2.45, 2.75) is 34.6 Å². The number of benzene rings is 2. The van der Waals surface area contributed by atoms with E-state index in [0.29, 0.717) is 0 Å². The van der Waals surface area contributed by atoms with E-state index in [1.807, 2.05) is 17.7 Å². The SMILES string of the molecule is Cc1cc(C)c(-n2ncnc2-c2[c-]cc3sc(C)nc3c2C)c(C)c1.[Ir]. The minimum Gasteiger partial charge on any atom is -0.264 e. The molecule has 0 aliphatic carbocycles. The molecule has 26 heavy (non-hydrogen) atoms. The molecule has 0 bridgehead atoms. The van der Waals surface area contributed by atoms with Crippen LogP contribution >= 0.6 is 11.3 Å². The van der Waals surface area contributed by atoms with Crippen LogP contribution in [0.5, 0.6) is 0 Å². The number of aryl methyl sites for hydroxylation is 5. The molecule has 2 heterocycles. The topological polar surface area (TPSA) is 43.6 Å². The van der Waals surface area contributed by atoms with Crippen molar-refractivity contribution in [1.29, 1.82) is 0 Å². The molecule has 4 aromatic rings. The van der Waals surface area contributed by atoms with Gasteiger partial charge < -0.3 is 0 Å². The van der Waals surface area contributed by atoms with Crippen molar-refractivity contribution >= 4 is 21.6 Å². The van der Waals surface area contributed by atoms with Gasteiger partial charge in [0.1, 0.15) is 6.33 Å². The second-order valence-corrected chi connectivity index (χ2v) is 7.71. The van der Waals surface area contributed by atoms with Gasteiger partial charge in [-0.1, -0.05) is 24.6 Å². The van der Waals surface area contributed by atoms with E-state index in [4.69, 9.17) is 0 Å². The molecule has 6 heteroatoms. The average molecular weight is 540 g/mol. The third-order valence-electron chi connectivity index (χ3n) is 4.46. The summed E-state index contributed by atoms with van der Waals surface area (Å²) in [5.74, 6) is 0.806. The Morgan fingerprint density at radius 3 is 2.42 bits per heavy atom. The van der Waals surface area contributed by atoms with Crippen LogP contribution in [0.1, 0.15) is 27.3 Å². The molecule has 2 aromatic carbocycles. The zero-order chi connectivity index (χ0) is 17.7. The molecule has 0 atom stereocenters. The minimum atomic E-state index is 0. The summed E-state index contributed by atoms with van der Waals surface area (Å²) in [5, 5.41) is 5.57. The van der Waals surface area contributed by atoms with E-state index in [0.717, 1.165) is 37.9 Å². The van der Waals surface area contributed by atoms with Crippen LogP contribution in [0.25, 0.3) is 27.3 Å². The molecule has 0 aliphatic heterocycles. The van der Waals surface area contributed by atoms with Crippen LogP contribution in [0.2, 0.25) is 0 Å². The van der Waals surface area contributed by atoms with Crippen molar-refractivity contribution in [2.75, 3.05) is 0 Å². The predicted molar refractivity (Wildman–Crippen MR) is 102 cm³/mol. The van der Waals surface area contributed by atoms with E-state index in [1.165, 1.54) is 16.7 Å². The van der Waals surface area contributed by atoms with Gasteiger partial charge in [-0.15, -0.1) is 23.3 Å². The fourth-order valence-electron chi connectivity index (χ4n) is 3.49. The standard InChI is InChI=1S/C20H19N4S.Ir/c1-11-8-12(2)19(13(3)9-11)24-20(21-10-22-24)16-6-7-17-18(14(16)4)23-15(5)25-17;/h7-10H,1-5H3;/q-1;. The van der Waals surface area contributed by atoms with E-state index in [2.05, 4.69) is 61.0 Å². The quantitative estimate of drug-likeness (QED) is 0.341. The molecule has 0 aliphatic rings. The molecular formula is C20H19IrN4S-. The summed E-state index contributed by atoms with van der Waals surface area (Å²) in [7, 11) is 0. The fourth-order valence-corrected chi connectivity index (χ4v) is 4.36. The van der Waals surface area contributed by atoms with Crippen molar-refractivity contribution in [1.82, 2.24) is 19.7 Å². The third-order valence-corrected chi connectivity index (χ3v) is 5.37. The molecule has 0 saturated heterocycles. The molecule has 0 spiro atoms. The fraction of sp³-hybridized carbons (Fsp3) is 0.250. The Bertz CT molecular complexity index is 1090. The van der Waals surface area contributed by atoms with Gasteiger partial charge in [0.05, 0.1) is 16.5 Å². The molecule has 0 fully saturated rings. The first kappa shape index (κ1) is 18.9. The van der Waals surface area contributed by atoms with Gasteiger partial charge in [-0.05, 0) is 43.5 Å². The van der Waals surface area contributed by atoms with Crippen LogP contribution in [0.3, 0.4) is 0 Å². The monoisotopic (exact) mass is 540 g/mol. The summed E-state index contributed by atoms with van der Waals surface area (Å²) in [4.78, 5) is 9.21. The van der Waals surface area contributed by atoms with Crippen molar-refractivity contribution in [3.63, 3.8) is 0 Å². The molecule has 1 radical (unpaired) electrons. The van der Waals surface area contributed by atoms with E-state index in [1.54, 1.807) is 17.7 Å². The van der Waals surface area contributed by atoms with Gasteiger partial charge in [0.25, 0.3) is 0 Å². The number of hydrogen-bond acceptors (Lipinski definition) is 4. The Morgan fingerprint density at radius 2 is 1.73 bits per heavy atom. The molecule has 2 aromatic heterocycles. The molecular weight excluding hydrogens is 521 g/mol. The second-order valence-electron chi connectivity index (χ2n) is 6.48. The van der Waals surface area contributed by atoms with Crippen LogP contribution in [0.15, 0.2) is 24.5 Å². The van der Waals surface area contributed by atoms with Gasteiger partial charge in [0, 0.05) is 25.6 Å². The van der Waals surface area contributed by atoms with Gasteiger partial charge in [0.15, 0.2) is 0 Å². The zero-order valence-corrected chi connectivity index (χ0v) is 18.6. The third kappa shape index (κ3) is 3.02. The average Bonchev–Trinajstić information content (AvgIpc) is 3.13. The summed E-state index contributed by atoms with van der Waals surface area (Å²) < 4.78 is 3.08. The van der Waals surface area contributed by atoms with Crippen LogP contribution in [-0.4, -0.2) is 19.7 Å². The summed E-state index contributed by atoms with van der Waals surface area (Å²) in [6, 6.07) is 9.77. The first-order chi connectivity index (χ1) is 12.0. The maximum absolute atomic E-state index is 4.67. The Morgan fingerprint density at radius 1 is 1.04 bits per heavy atom. The van der Waals surface area contributed by atoms with Gasteiger partial charge in [0.2, 0.25) is 0 Å². The number of hydrogen-bond donors (Lipinski definition) is 0. The maximum Gasteiger partial charge on any atom is 0.127 e. The van der Waals surface area contributed by atoms with Crippen LogP contribution in [0.4, 0.5) is 0 Å². The van der Waals surface area contributed by atoms with Crippen molar-refractivity contribution < 1.29 is 20.1 Å². The predicted octanol–water partition coefficient (Wildman–Crippen LogP) is 4.88. The van der Waals surface area contributed by atoms with Crippen molar-refractivity contribution in [3.8, 4) is 17.1 Å². The van der Waals surface area contributed by atoms with Gasteiger partial charge in [-0.25, -0.2) is 0 Å². The second kappa shape index (κ2) is 7.03. The molecule has 135 valence electrons. The largest absolute Gasteiger partial charge is 0.264 e. The summed E-state index contributed by atoms with van der Waals surface area (Å²) in [5.41, 5.74) is 7.79. The van der Waals surface area contributed by atoms with Crippen molar-refractivity contribution in [3.05, 3.63) is 57.9 Å².